The topological polar surface area (TPSA) is 42.9 Å². The van der Waals surface area contributed by atoms with Crippen LogP contribution < -0.4 is 10.1 Å². The lowest BCUT2D eigenvalue weighted by Crippen LogP contribution is -2.31. The number of methoxy groups -OCH3 is 1. The molecule has 1 N–H and O–H groups in total. The molecule has 1 aromatic carbocycles. The summed E-state index contributed by atoms with van der Waals surface area (Å²) in [4.78, 5) is 4.79. The average molecular weight is 274 g/mol. The number of para-hydroxylation sites is 1. The molecule has 4 nitrogen and oxygen atoms in total. The standard InChI is InChI=1S/C16H22N2O2/c1-19-15-5-3-2-4-13(15)10-14-11-20-16(18-14)12-6-8-17-9-7-12/h2-5,12,14,17H,6-11H2,1H3. The van der Waals surface area contributed by atoms with Gasteiger partial charge in [-0.2, -0.15) is 0 Å². The minimum Gasteiger partial charge on any atom is -0.496 e. The highest BCUT2D eigenvalue weighted by Gasteiger charge is 2.27. The fourth-order valence-electron chi connectivity index (χ4n) is 2.96. The summed E-state index contributed by atoms with van der Waals surface area (Å²) in [6.07, 6.45) is 3.17. The molecule has 108 valence electrons. The van der Waals surface area contributed by atoms with Crippen LogP contribution in [0.2, 0.25) is 0 Å². The summed E-state index contributed by atoms with van der Waals surface area (Å²) >= 11 is 0. The normalized spacial score (nSPS) is 23.2. The van der Waals surface area contributed by atoms with Gasteiger partial charge in [-0.05, 0) is 37.6 Å². The van der Waals surface area contributed by atoms with Crippen molar-refractivity contribution in [3.8, 4) is 5.75 Å². The lowest BCUT2D eigenvalue weighted by atomic mass is 9.98. The molecule has 0 bridgehead atoms. The Morgan fingerprint density at radius 1 is 1.30 bits per heavy atom. The summed E-state index contributed by atoms with van der Waals surface area (Å²) in [7, 11) is 1.72. The van der Waals surface area contributed by atoms with Crippen LogP contribution in [0.5, 0.6) is 5.75 Å². The summed E-state index contributed by atoms with van der Waals surface area (Å²) in [6, 6.07) is 8.39. The number of piperidine rings is 1. The zero-order valence-corrected chi connectivity index (χ0v) is 12.0. The van der Waals surface area contributed by atoms with Crippen molar-refractivity contribution in [1.29, 1.82) is 0 Å². The fraction of sp³-hybridized carbons (Fsp3) is 0.562. The first-order valence-corrected chi connectivity index (χ1v) is 7.40. The largest absolute Gasteiger partial charge is 0.496 e. The maximum absolute atomic E-state index is 5.83. The van der Waals surface area contributed by atoms with Crippen molar-refractivity contribution >= 4 is 5.90 Å². The van der Waals surface area contributed by atoms with Crippen molar-refractivity contribution in [2.45, 2.75) is 25.3 Å². The van der Waals surface area contributed by atoms with Crippen LogP contribution in [-0.4, -0.2) is 38.7 Å². The second-order valence-corrected chi connectivity index (χ2v) is 5.47. The van der Waals surface area contributed by atoms with Crippen molar-refractivity contribution < 1.29 is 9.47 Å². The Kier molecular flexibility index (Phi) is 4.21. The third-order valence-corrected chi connectivity index (χ3v) is 4.07. The maximum atomic E-state index is 5.83. The first-order chi connectivity index (χ1) is 9.86. The Bertz CT molecular complexity index is 481. The molecule has 0 aliphatic carbocycles. The SMILES string of the molecule is COc1ccccc1CC1COC(C2CCNCC2)=N1. The number of aliphatic imine (C=N–C) groups is 1. The molecule has 2 aliphatic heterocycles. The van der Waals surface area contributed by atoms with E-state index >= 15 is 0 Å². The second-order valence-electron chi connectivity index (χ2n) is 5.47. The highest BCUT2D eigenvalue weighted by Crippen LogP contribution is 2.24. The second kappa shape index (κ2) is 6.27. The predicted octanol–water partition coefficient (Wildman–Crippen LogP) is 2.03. The van der Waals surface area contributed by atoms with Gasteiger partial charge in [-0.25, -0.2) is 4.99 Å². The molecule has 0 radical (unpaired) electrons. The van der Waals surface area contributed by atoms with Gasteiger partial charge in [0.25, 0.3) is 0 Å². The highest BCUT2D eigenvalue weighted by atomic mass is 16.5. The van der Waals surface area contributed by atoms with Crippen molar-refractivity contribution in [2.24, 2.45) is 10.9 Å². The number of rotatable bonds is 4. The summed E-state index contributed by atoms with van der Waals surface area (Å²) in [6.45, 7) is 2.85. The van der Waals surface area contributed by atoms with Crippen molar-refractivity contribution in [1.82, 2.24) is 5.32 Å². The summed E-state index contributed by atoms with van der Waals surface area (Å²) in [5.41, 5.74) is 1.21. The summed E-state index contributed by atoms with van der Waals surface area (Å²) in [5.74, 6) is 2.43. The Balaban J connectivity index is 1.65. The number of hydrogen-bond acceptors (Lipinski definition) is 4. The van der Waals surface area contributed by atoms with Crippen LogP contribution in [0.15, 0.2) is 29.3 Å². The Morgan fingerprint density at radius 2 is 2.10 bits per heavy atom. The number of benzene rings is 1. The highest BCUT2D eigenvalue weighted by molar-refractivity contribution is 5.80. The first-order valence-electron chi connectivity index (χ1n) is 7.40. The molecule has 2 aliphatic rings. The molecular formula is C16H22N2O2. The van der Waals surface area contributed by atoms with E-state index in [4.69, 9.17) is 14.5 Å². The smallest absolute Gasteiger partial charge is 0.186 e. The molecule has 1 fully saturated rings. The minimum atomic E-state index is 0.233. The zero-order chi connectivity index (χ0) is 13.8. The third-order valence-electron chi connectivity index (χ3n) is 4.07. The number of nitrogens with one attached hydrogen (secondary N) is 1. The van der Waals surface area contributed by atoms with Crippen molar-refractivity contribution in [2.75, 3.05) is 26.8 Å². The summed E-state index contributed by atoms with van der Waals surface area (Å²) in [5, 5.41) is 3.38. The van der Waals surface area contributed by atoms with E-state index in [1.54, 1.807) is 7.11 Å². The van der Waals surface area contributed by atoms with Gasteiger partial charge in [-0.3, -0.25) is 0 Å². The molecule has 0 aromatic heterocycles. The van der Waals surface area contributed by atoms with E-state index in [0.29, 0.717) is 12.5 Å². The lowest BCUT2D eigenvalue weighted by Gasteiger charge is -2.21. The van der Waals surface area contributed by atoms with Gasteiger partial charge in [0.1, 0.15) is 12.4 Å². The van der Waals surface area contributed by atoms with Gasteiger partial charge in [0.2, 0.25) is 0 Å². The first kappa shape index (κ1) is 13.4. The molecule has 1 saturated heterocycles. The Morgan fingerprint density at radius 3 is 2.90 bits per heavy atom. The van der Waals surface area contributed by atoms with E-state index in [-0.39, 0.29) is 6.04 Å². The average Bonchev–Trinajstić information content (AvgIpc) is 2.97. The molecule has 0 spiro atoms. The molecule has 0 saturated carbocycles. The molecule has 4 heteroatoms. The van der Waals surface area contributed by atoms with E-state index < -0.39 is 0 Å². The fourth-order valence-corrected chi connectivity index (χ4v) is 2.96. The van der Waals surface area contributed by atoms with Gasteiger partial charge in [0.15, 0.2) is 5.90 Å². The van der Waals surface area contributed by atoms with Gasteiger partial charge in [-0.15, -0.1) is 0 Å². The number of hydrogen-bond donors (Lipinski definition) is 1. The van der Waals surface area contributed by atoms with Gasteiger partial charge in [0, 0.05) is 12.3 Å². The predicted molar refractivity (Wildman–Crippen MR) is 79.5 cm³/mol. The van der Waals surface area contributed by atoms with E-state index in [0.717, 1.165) is 44.0 Å². The summed E-state index contributed by atoms with van der Waals surface area (Å²) < 4.78 is 11.2. The Hall–Kier alpha value is -1.55. The minimum absolute atomic E-state index is 0.233. The van der Waals surface area contributed by atoms with E-state index in [2.05, 4.69) is 11.4 Å². The van der Waals surface area contributed by atoms with E-state index in [9.17, 15) is 0 Å². The van der Waals surface area contributed by atoms with Crippen LogP contribution in [0.25, 0.3) is 0 Å². The molecule has 1 aromatic rings. The quantitative estimate of drug-likeness (QED) is 0.913. The van der Waals surface area contributed by atoms with Crippen LogP contribution >= 0.6 is 0 Å². The van der Waals surface area contributed by atoms with Crippen LogP contribution in [0.1, 0.15) is 18.4 Å². The van der Waals surface area contributed by atoms with Gasteiger partial charge >= 0.3 is 0 Å². The lowest BCUT2D eigenvalue weighted by molar-refractivity contribution is 0.283. The van der Waals surface area contributed by atoms with Gasteiger partial charge in [0.05, 0.1) is 13.2 Å². The number of nitrogens with zero attached hydrogens (tertiary/aromatic N) is 1. The van der Waals surface area contributed by atoms with E-state index in [1.807, 2.05) is 18.2 Å². The third kappa shape index (κ3) is 2.96. The van der Waals surface area contributed by atoms with Crippen LogP contribution in [-0.2, 0) is 11.2 Å². The van der Waals surface area contributed by atoms with Crippen molar-refractivity contribution in [3.05, 3.63) is 29.8 Å². The van der Waals surface area contributed by atoms with Gasteiger partial charge < -0.3 is 14.8 Å². The van der Waals surface area contributed by atoms with Crippen LogP contribution in [0.3, 0.4) is 0 Å². The maximum Gasteiger partial charge on any atom is 0.186 e. The zero-order valence-electron chi connectivity index (χ0n) is 12.0. The molecule has 1 unspecified atom stereocenters. The molecule has 2 heterocycles. The number of ether oxygens (including phenoxy) is 2. The van der Waals surface area contributed by atoms with E-state index in [1.165, 1.54) is 5.56 Å². The molecular weight excluding hydrogens is 252 g/mol. The molecule has 20 heavy (non-hydrogen) atoms. The molecule has 1 atom stereocenters. The van der Waals surface area contributed by atoms with Crippen molar-refractivity contribution in [3.63, 3.8) is 0 Å². The Labute approximate surface area is 120 Å². The molecule has 3 rings (SSSR count). The molecule has 0 amide bonds. The monoisotopic (exact) mass is 274 g/mol. The van der Waals surface area contributed by atoms with Gasteiger partial charge in [-0.1, -0.05) is 18.2 Å². The van der Waals surface area contributed by atoms with Crippen LogP contribution in [0.4, 0.5) is 0 Å². The van der Waals surface area contributed by atoms with Crippen LogP contribution in [0, 0.1) is 5.92 Å².